The highest BCUT2D eigenvalue weighted by atomic mass is 15.3. The van der Waals surface area contributed by atoms with E-state index in [1.807, 2.05) is 23.7 Å². The first-order valence-corrected chi connectivity index (χ1v) is 6.77. The van der Waals surface area contributed by atoms with Gasteiger partial charge in [-0.3, -0.25) is 4.68 Å². The van der Waals surface area contributed by atoms with Crippen LogP contribution in [-0.4, -0.2) is 21.9 Å². The van der Waals surface area contributed by atoms with E-state index in [-0.39, 0.29) is 11.6 Å². The fourth-order valence-corrected chi connectivity index (χ4v) is 2.05. The van der Waals surface area contributed by atoms with Crippen molar-refractivity contribution in [1.82, 2.24) is 15.1 Å². The van der Waals surface area contributed by atoms with Gasteiger partial charge in [-0.2, -0.15) is 5.10 Å². The second kappa shape index (κ2) is 5.57. The normalized spacial score (nSPS) is 13.5. The molecule has 1 atom stereocenters. The molecule has 102 valence electrons. The van der Waals surface area contributed by atoms with Gasteiger partial charge in [0.2, 0.25) is 0 Å². The third-order valence-electron chi connectivity index (χ3n) is 3.07. The van der Waals surface area contributed by atoms with Crippen LogP contribution in [0.5, 0.6) is 0 Å². The lowest BCUT2D eigenvalue weighted by atomic mass is 10.0. The number of benzene rings is 1. The molecule has 0 radical (unpaired) electrons. The van der Waals surface area contributed by atoms with Crippen LogP contribution in [0.2, 0.25) is 0 Å². The van der Waals surface area contributed by atoms with Gasteiger partial charge in [0.15, 0.2) is 0 Å². The maximum atomic E-state index is 4.56. The van der Waals surface area contributed by atoms with Gasteiger partial charge in [-0.25, -0.2) is 0 Å². The lowest BCUT2D eigenvalue weighted by molar-refractivity contribution is 0.377. The van der Waals surface area contributed by atoms with Gasteiger partial charge in [-0.05, 0) is 39.3 Å². The maximum absolute atomic E-state index is 4.56. The van der Waals surface area contributed by atoms with Crippen LogP contribution in [-0.2, 0) is 0 Å². The minimum absolute atomic E-state index is 0.106. The Kier molecular flexibility index (Phi) is 4.05. The van der Waals surface area contributed by atoms with E-state index in [1.54, 1.807) is 0 Å². The fourth-order valence-electron chi connectivity index (χ4n) is 2.05. The number of aryl methyl sites for hydroxylation is 1. The van der Waals surface area contributed by atoms with Crippen LogP contribution in [0.25, 0.3) is 0 Å². The molecule has 19 heavy (non-hydrogen) atoms. The molecule has 1 heterocycles. The van der Waals surface area contributed by atoms with Crippen LogP contribution in [0.1, 0.15) is 38.1 Å². The number of hydrogen-bond acceptors (Lipinski definition) is 2. The monoisotopic (exact) mass is 257 g/mol. The molecule has 1 aromatic heterocycles. The molecule has 3 heteroatoms. The third kappa shape index (κ3) is 3.93. The smallest absolute Gasteiger partial charge is 0.0893 e. The van der Waals surface area contributed by atoms with E-state index < -0.39 is 0 Å². The SMILES string of the molecule is Cc1ccn(C(CNC(C)(C)C)c2ccccc2)n1. The number of nitrogens with one attached hydrogen (secondary N) is 1. The Hall–Kier alpha value is -1.61. The Morgan fingerprint density at radius 3 is 2.37 bits per heavy atom. The summed E-state index contributed by atoms with van der Waals surface area (Å²) in [5.74, 6) is 0. The molecule has 0 bridgehead atoms. The standard InChI is InChI=1S/C16H23N3/c1-13-10-11-19(18-13)15(12-17-16(2,3)4)14-8-6-5-7-9-14/h5-11,15,17H,12H2,1-4H3. The van der Waals surface area contributed by atoms with E-state index in [2.05, 4.69) is 61.6 Å². The van der Waals surface area contributed by atoms with Crippen LogP contribution in [0.3, 0.4) is 0 Å². The first-order chi connectivity index (χ1) is 8.96. The summed E-state index contributed by atoms with van der Waals surface area (Å²) in [4.78, 5) is 0. The quantitative estimate of drug-likeness (QED) is 0.911. The van der Waals surface area contributed by atoms with Crippen molar-refractivity contribution in [2.24, 2.45) is 0 Å². The van der Waals surface area contributed by atoms with Crippen molar-refractivity contribution < 1.29 is 0 Å². The second-order valence-electron chi connectivity index (χ2n) is 5.99. The number of nitrogens with zero attached hydrogens (tertiary/aromatic N) is 2. The summed E-state index contributed by atoms with van der Waals surface area (Å²) in [5.41, 5.74) is 2.44. The van der Waals surface area contributed by atoms with E-state index in [1.165, 1.54) is 5.56 Å². The minimum atomic E-state index is 0.106. The van der Waals surface area contributed by atoms with Gasteiger partial charge in [0.25, 0.3) is 0 Å². The number of hydrogen-bond donors (Lipinski definition) is 1. The highest BCUT2D eigenvalue weighted by Gasteiger charge is 2.17. The van der Waals surface area contributed by atoms with Crippen molar-refractivity contribution in [2.45, 2.75) is 39.3 Å². The zero-order valence-corrected chi connectivity index (χ0v) is 12.2. The van der Waals surface area contributed by atoms with Crippen LogP contribution >= 0.6 is 0 Å². The first kappa shape index (κ1) is 13.8. The molecule has 0 saturated carbocycles. The highest BCUT2D eigenvalue weighted by Crippen LogP contribution is 2.18. The Bertz CT molecular complexity index is 508. The summed E-state index contributed by atoms with van der Waals surface area (Å²) in [6, 6.07) is 12.8. The molecule has 0 aliphatic rings. The molecule has 1 aromatic carbocycles. The molecule has 0 saturated heterocycles. The van der Waals surface area contributed by atoms with Crippen molar-refractivity contribution >= 4 is 0 Å². The zero-order chi connectivity index (χ0) is 13.9. The van der Waals surface area contributed by atoms with E-state index in [4.69, 9.17) is 0 Å². The molecule has 0 aliphatic heterocycles. The summed E-state index contributed by atoms with van der Waals surface area (Å²) in [5, 5.41) is 8.13. The molecule has 0 fully saturated rings. The number of rotatable bonds is 4. The van der Waals surface area contributed by atoms with Gasteiger partial charge in [0.05, 0.1) is 11.7 Å². The molecule has 0 spiro atoms. The average Bonchev–Trinajstić information content (AvgIpc) is 2.76. The van der Waals surface area contributed by atoms with Gasteiger partial charge in [0.1, 0.15) is 0 Å². The van der Waals surface area contributed by atoms with Crippen molar-refractivity contribution in [1.29, 1.82) is 0 Å². The molecule has 2 rings (SSSR count). The predicted octanol–water partition coefficient (Wildman–Crippen LogP) is 3.17. The molecular weight excluding hydrogens is 234 g/mol. The highest BCUT2D eigenvalue weighted by molar-refractivity contribution is 5.20. The lowest BCUT2D eigenvalue weighted by Crippen LogP contribution is -2.40. The summed E-state index contributed by atoms with van der Waals surface area (Å²) in [6.45, 7) is 9.44. The molecular formula is C16H23N3. The van der Waals surface area contributed by atoms with Crippen LogP contribution in [0.4, 0.5) is 0 Å². The summed E-state index contributed by atoms with van der Waals surface area (Å²) in [6.07, 6.45) is 2.05. The second-order valence-corrected chi connectivity index (χ2v) is 5.99. The first-order valence-electron chi connectivity index (χ1n) is 6.77. The largest absolute Gasteiger partial charge is 0.310 e. The van der Waals surface area contributed by atoms with Gasteiger partial charge in [0, 0.05) is 18.3 Å². The van der Waals surface area contributed by atoms with Crippen molar-refractivity contribution in [3.8, 4) is 0 Å². The minimum Gasteiger partial charge on any atom is -0.310 e. The average molecular weight is 257 g/mol. The van der Waals surface area contributed by atoms with Gasteiger partial charge in [-0.15, -0.1) is 0 Å². The van der Waals surface area contributed by atoms with Crippen molar-refractivity contribution in [3.05, 3.63) is 53.9 Å². The van der Waals surface area contributed by atoms with E-state index >= 15 is 0 Å². The van der Waals surface area contributed by atoms with Gasteiger partial charge < -0.3 is 5.32 Å². The fraction of sp³-hybridized carbons (Fsp3) is 0.438. The maximum Gasteiger partial charge on any atom is 0.0893 e. The van der Waals surface area contributed by atoms with E-state index in [9.17, 15) is 0 Å². The van der Waals surface area contributed by atoms with Crippen LogP contribution < -0.4 is 5.32 Å². The van der Waals surface area contributed by atoms with Gasteiger partial charge >= 0.3 is 0 Å². The van der Waals surface area contributed by atoms with Gasteiger partial charge in [-0.1, -0.05) is 30.3 Å². The zero-order valence-electron chi connectivity index (χ0n) is 12.2. The Morgan fingerprint density at radius 1 is 1.16 bits per heavy atom. The lowest BCUT2D eigenvalue weighted by Gasteiger charge is -2.26. The topological polar surface area (TPSA) is 29.9 Å². The molecule has 0 amide bonds. The number of aromatic nitrogens is 2. The molecule has 1 unspecified atom stereocenters. The van der Waals surface area contributed by atoms with Crippen LogP contribution in [0, 0.1) is 6.92 Å². The molecule has 2 aromatic rings. The Balaban J connectivity index is 2.24. The molecule has 1 N–H and O–H groups in total. The predicted molar refractivity (Wildman–Crippen MR) is 79.3 cm³/mol. The molecule has 0 aliphatic carbocycles. The summed E-state index contributed by atoms with van der Waals surface area (Å²) >= 11 is 0. The molecule has 3 nitrogen and oxygen atoms in total. The summed E-state index contributed by atoms with van der Waals surface area (Å²) in [7, 11) is 0. The van der Waals surface area contributed by atoms with Crippen molar-refractivity contribution in [3.63, 3.8) is 0 Å². The summed E-state index contributed by atoms with van der Waals surface area (Å²) < 4.78 is 2.05. The van der Waals surface area contributed by atoms with E-state index in [0.717, 1.165) is 12.2 Å². The Labute approximate surface area is 115 Å². The van der Waals surface area contributed by atoms with E-state index in [0.29, 0.717) is 0 Å². The third-order valence-corrected chi connectivity index (χ3v) is 3.07. The van der Waals surface area contributed by atoms with Crippen molar-refractivity contribution in [2.75, 3.05) is 6.54 Å². The Morgan fingerprint density at radius 2 is 1.84 bits per heavy atom. The van der Waals surface area contributed by atoms with Crippen LogP contribution in [0.15, 0.2) is 42.6 Å².